The molecule has 304 valence electrons. The molecule has 0 bridgehead atoms. The molecule has 1 aliphatic rings. The summed E-state index contributed by atoms with van der Waals surface area (Å²) >= 11 is 0. The Morgan fingerprint density at radius 1 is 0.782 bits per heavy atom. The minimum Gasteiger partial charge on any atom is -0.507 e. The third-order valence-electron chi connectivity index (χ3n) is 9.09. The van der Waals surface area contributed by atoms with E-state index in [1.165, 1.54) is 36.4 Å². The molecule has 55 heavy (non-hydrogen) atoms. The Hall–Kier alpha value is -5.09. The Labute approximate surface area is 316 Å². The van der Waals surface area contributed by atoms with Crippen LogP contribution in [0.25, 0.3) is 0 Å². The highest BCUT2D eigenvalue weighted by Crippen LogP contribution is 2.38. The molecule has 14 N–H and O–H groups in total. The number of hydrogen-bond donors (Lipinski definition) is 14. The molecule has 0 aromatic heterocycles. The van der Waals surface area contributed by atoms with Crippen LogP contribution in [0.5, 0.6) is 17.2 Å². The molecule has 5 amide bonds. The fourth-order valence-corrected chi connectivity index (χ4v) is 6.19. The van der Waals surface area contributed by atoms with Crippen molar-refractivity contribution in [1.82, 2.24) is 31.1 Å². The number of para-hydroxylation sites is 1. The second-order valence-electron chi connectivity index (χ2n) is 14.0. The number of amides is 5. The molecule has 20 nitrogen and oxygen atoms in total. The van der Waals surface area contributed by atoms with E-state index < -0.39 is 111 Å². The van der Waals surface area contributed by atoms with Crippen LogP contribution >= 0.6 is 0 Å². The maximum absolute atomic E-state index is 13.1. The van der Waals surface area contributed by atoms with E-state index in [1.807, 2.05) is 14.1 Å². The van der Waals surface area contributed by atoms with Gasteiger partial charge in [-0.15, -0.1) is 0 Å². The molecule has 1 aliphatic heterocycles. The first-order chi connectivity index (χ1) is 25.8. The SMILES string of the molecule is CC(O)[C@H](NC(=O)CC(O)CC(O)C(CO)NC(=O)c1ccccc1O)C(=O)N[C@H](CO)C(=O)N[C@@H](CO)C(=O)NC1Cc2cc(O)c(O)cc2[N+](C)(C)C1. The van der Waals surface area contributed by atoms with Crippen LogP contribution in [-0.2, 0) is 25.6 Å². The largest absolute Gasteiger partial charge is 0.507 e. The number of phenolic OH excluding ortho intramolecular Hbond substituents is 3. The minimum atomic E-state index is -1.72. The van der Waals surface area contributed by atoms with E-state index in [9.17, 15) is 69.9 Å². The lowest BCUT2D eigenvalue weighted by molar-refractivity contribution is -0.136. The number of nitrogens with one attached hydrogen (secondary N) is 5. The number of rotatable bonds is 18. The van der Waals surface area contributed by atoms with Gasteiger partial charge in [0, 0.05) is 24.5 Å². The molecule has 8 atom stereocenters. The first-order valence-corrected chi connectivity index (χ1v) is 17.4. The van der Waals surface area contributed by atoms with Gasteiger partial charge in [-0.05, 0) is 25.1 Å². The maximum atomic E-state index is 13.1. The summed E-state index contributed by atoms with van der Waals surface area (Å²) in [7, 11) is 3.64. The number of aliphatic hydroxyl groups excluding tert-OH is 6. The van der Waals surface area contributed by atoms with Gasteiger partial charge in [0.2, 0.25) is 23.6 Å². The summed E-state index contributed by atoms with van der Waals surface area (Å²) in [6.07, 6.45) is -5.70. The van der Waals surface area contributed by atoms with Crippen molar-refractivity contribution in [3.8, 4) is 17.2 Å². The van der Waals surface area contributed by atoms with Crippen molar-refractivity contribution in [2.24, 2.45) is 0 Å². The molecule has 0 saturated carbocycles. The Kier molecular flexibility index (Phi) is 15.7. The lowest BCUT2D eigenvalue weighted by Crippen LogP contribution is -2.62. The zero-order chi connectivity index (χ0) is 41.2. The van der Waals surface area contributed by atoms with E-state index in [0.717, 1.165) is 12.6 Å². The zero-order valence-corrected chi connectivity index (χ0v) is 30.5. The number of phenols is 3. The number of aliphatic hydroxyl groups is 6. The molecule has 0 fully saturated rings. The first-order valence-electron chi connectivity index (χ1n) is 17.4. The molecule has 0 aliphatic carbocycles. The average Bonchev–Trinajstić information content (AvgIpc) is 3.10. The van der Waals surface area contributed by atoms with E-state index >= 15 is 0 Å². The van der Waals surface area contributed by atoms with Crippen molar-refractivity contribution in [3.05, 3.63) is 47.5 Å². The van der Waals surface area contributed by atoms with E-state index in [0.29, 0.717) is 12.1 Å². The Bertz CT molecular complexity index is 1690. The van der Waals surface area contributed by atoms with Crippen molar-refractivity contribution in [2.45, 2.75) is 74.7 Å². The minimum absolute atomic E-state index is 0.132. The molecule has 1 heterocycles. The second-order valence-corrected chi connectivity index (χ2v) is 14.0. The van der Waals surface area contributed by atoms with Crippen molar-refractivity contribution < 1.29 is 69.9 Å². The summed E-state index contributed by atoms with van der Waals surface area (Å²) in [5.41, 5.74) is 1.24. The first kappa shape index (κ1) is 44.3. The summed E-state index contributed by atoms with van der Waals surface area (Å²) < 4.78 is 0.219. The molecule has 2 aromatic rings. The number of aromatic hydroxyl groups is 3. The van der Waals surface area contributed by atoms with E-state index in [4.69, 9.17) is 0 Å². The van der Waals surface area contributed by atoms with Gasteiger partial charge in [0.25, 0.3) is 5.91 Å². The zero-order valence-electron chi connectivity index (χ0n) is 30.5. The number of carbonyl (C=O) groups excluding carboxylic acids is 5. The summed E-state index contributed by atoms with van der Waals surface area (Å²) in [5.74, 6) is -5.81. The number of quaternary nitrogens is 1. The third kappa shape index (κ3) is 11.9. The predicted molar refractivity (Wildman–Crippen MR) is 193 cm³/mol. The highest BCUT2D eigenvalue weighted by molar-refractivity contribution is 5.97. The van der Waals surface area contributed by atoms with Crippen molar-refractivity contribution in [3.63, 3.8) is 0 Å². The number of benzene rings is 2. The van der Waals surface area contributed by atoms with Crippen molar-refractivity contribution >= 4 is 35.2 Å². The molecule has 20 heteroatoms. The van der Waals surface area contributed by atoms with Crippen LogP contribution in [0.15, 0.2) is 36.4 Å². The standard InChI is InChI=1S/C35H50N6O14/c1-17(45)31(40-30(51)11-20(46)10-27(48)22(14-42)37-32(52)21-6-4-5-7-26(21)47)35(55)39-24(16-44)34(54)38-23(15-43)33(53)36-19-8-18-9-28(49)29(50)12-25(18)41(2,3)13-19/h4-7,9,12,17,19-20,22-24,27,31,42-46,48H,8,10-11,13-16H2,1-3H3,(H7-,36,37,38,39,40,47,49,50,51,52,53,54,55)/p+1/t17?,19?,20?,22?,23-,24+,27?,31-/m0/s1. The Balaban J connectivity index is 1.55. The highest BCUT2D eigenvalue weighted by Gasteiger charge is 2.37. The van der Waals surface area contributed by atoms with Crippen LogP contribution in [0.3, 0.4) is 0 Å². The van der Waals surface area contributed by atoms with Gasteiger partial charge in [-0.3, -0.25) is 28.5 Å². The molecule has 0 spiro atoms. The summed E-state index contributed by atoms with van der Waals surface area (Å²) in [6.45, 7) is -1.15. The molecule has 0 saturated heterocycles. The van der Waals surface area contributed by atoms with Gasteiger partial charge in [0.1, 0.15) is 36.1 Å². The van der Waals surface area contributed by atoms with Gasteiger partial charge < -0.3 is 72.5 Å². The van der Waals surface area contributed by atoms with Gasteiger partial charge in [0.15, 0.2) is 11.5 Å². The van der Waals surface area contributed by atoms with Crippen LogP contribution in [0.1, 0.15) is 35.7 Å². The number of fused-ring (bicyclic) bond motifs is 1. The van der Waals surface area contributed by atoms with E-state index in [1.54, 1.807) is 0 Å². The molecular formula is C35H51N6O14+. The van der Waals surface area contributed by atoms with Gasteiger partial charge >= 0.3 is 0 Å². The quantitative estimate of drug-likeness (QED) is 0.0502. The van der Waals surface area contributed by atoms with Gasteiger partial charge in [-0.25, -0.2) is 0 Å². The molecular weight excluding hydrogens is 728 g/mol. The highest BCUT2D eigenvalue weighted by atomic mass is 16.3. The fourth-order valence-electron chi connectivity index (χ4n) is 6.19. The number of nitrogens with zero attached hydrogens (tertiary/aromatic N) is 1. The summed E-state index contributed by atoms with van der Waals surface area (Å²) in [6, 6.07) is 1.56. The van der Waals surface area contributed by atoms with Crippen molar-refractivity contribution in [2.75, 3.05) is 40.5 Å². The predicted octanol–water partition coefficient (Wildman–Crippen LogP) is -4.48. The number of likely N-dealkylation sites (N-methyl/N-ethyl adjacent to an activating group) is 1. The fraction of sp³-hybridized carbons (Fsp3) is 0.514. The van der Waals surface area contributed by atoms with Gasteiger partial charge in [-0.1, -0.05) is 12.1 Å². The van der Waals surface area contributed by atoms with E-state index in [-0.39, 0.29) is 33.7 Å². The van der Waals surface area contributed by atoms with Crippen LogP contribution in [0, 0.1) is 0 Å². The van der Waals surface area contributed by atoms with Crippen LogP contribution in [-0.4, -0.2) is 164 Å². The lowest BCUT2D eigenvalue weighted by Gasteiger charge is -2.39. The topological polar surface area (TPSA) is 328 Å². The average molecular weight is 780 g/mol. The van der Waals surface area contributed by atoms with Crippen LogP contribution < -0.4 is 31.1 Å². The molecule has 0 radical (unpaired) electrons. The number of hydrogen-bond acceptors (Lipinski definition) is 14. The van der Waals surface area contributed by atoms with Gasteiger partial charge in [0.05, 0.1) is 76.3 Å². The molecule has 5 unspecified atom stereocenters. The molecule has 2 aromatic carbocycles. The molecule has 3 rings (SSSR count). The maximum Gasteiger partial charge on any atom is 0.255 e. The lowest BCUT2D eigenvalue weighted by atomic mass is 9.95. The Morgan fingerprint density at radius 2 is 1.38 bits per heavy atom. The van der Waals surface area contributed by atoms with Crippen molar-refractivity contribution in [1.29, 1.82) is 0 Å². The smallest absolute Gasteiger partial charge is 0.255 e. The third-order valence-corrected chi connectivity index (χ3v) is 9.09. The number of carbonyl (C=O) groups is 5. The normalized spacial score (nSPS) is 18.5. The summed E-state index contributed by atoms with van der Waals surface area (Å²) in [4.78, 5) is 64.4. The van der Waals surface area contributed by atoms with Crippen LogP contribution in [0.2, 0.25) is 0 Å². The van der Waals surface area contributed by atoms with Gasteiger partial charge in [-0.2, -0.15) is 0 Å². The van der Waals surface area contributed by atoms with Crippen LogP contribution in [0.4, 0.5) is 5.69 Å². The summed E-state index contributed by atoms with van der Waals surface area (Å²) in [5, 5.41) is 102. The van der Waals surface area contributed by atoms with E-state index in [2.05, 4.69) is 26.6 Å². The Morgan fingerprint density at radius 3 is 1.98 bits per heavy atom. The second kappa shape index (κ2) is 19.5. The monoisotopic (exact) mass is 779 g/mol.